The van der Waals surface area contributed by atoms with Crippen molar-refractivity contribution < 1.29 is 24.2 Å². The summed E-state index contributed by atoms with van der Waals surface area (Å²) in [6, 6.07) is 11.0. The Morgan fingerprint density at radius 3 is 2.48 bits per heavy atom. The average molecular weight is 459 g/mol. The van der Waals surface area contributed by atoms with Crippen molar-refractivity contribution >= 4 is 39.6 Å². The maximum atomic E-state index is 12.5. The Labute approximate surface area is 176 Å². The van der Waals surface area contributed by atoms with E-state index in [0.717, 1.165) is 0 Å². The number of carbonyl (C=O) groups is 2. The average Bonchev–Trinajstić information content (AvgIpc) is 2.69. The molecule has 0 spiro atoms. The van der Waals surface area contributed by atoms with E-state index in [4.69, 9.17) is 14.6 Å². The number of aromatic carboxylic acids is 1. The van der Waals surface area contributed by atoms with Crippen molar-refractivity contribution in [2.75, 3.05) is 18.5 Å². The number of carbonyl (C=O) groups excluding carboxylic acids is 1. The van der Waals surface area contributed by atoms with Gasteiger partial charge in [-0.2, -0.15) is 5.26 Å². The van der Waals surface area contributed by atoms with Gasteiger partial charge in [0.1, 0.15) is 23.1 Å². The van der Waals surface area contributed by atoms with E-state index in [1.165, 1.54) is 24.3 Å². The molecule has 7 nitrogen and oxygen atoms in total. The van der Waals surface area contributed by atoms with E-state index in [2.05, 4.69) is 21.2 Å². The maximum absolute atomic E-state index is 12.5. The lowest BCUT2D eigenvalue weighted by atomic mass is 10.1. The topological polar surface area (TPSA) is 109 Å². The van der Waals surface area contributed by atoms with E-state index in [1.807, 2.05) is 19.9 Å². The van der Waals surface area contributed by atoms with Crippen molar-refractivity contribution in [1.82, 2.24) is 0 Å². The SMILES string of the molecule is CCOc1cc(OCC)c(/C=C(/C#N)C(=O)Nc2cccc(C(=O)O)c2)cc1Br. The molecule has 2 N–H and O–H groups in total. The molecule has 0 atom stereocenters. The van der Waals surface area contributed by atoms with Crippen LogP contribution in [0.3, 0.4) is 0 Å². The van der Waals surface area contributed by atoms with Crippen molar-refractivity contribution in [3.63, 3.8) is 0 Å². The zero-order valence-corrected chi connectivity index (χ0v) is 17.4. The molecule has 0 saturated carbocycles. The van der Waals surface area contributed by atoms with Gasteiger partial charge in [0.05, 0.1) is 23.2 Å². The molecule has 0 fully saturated rings. The van der Waals surface area contributed by atoms with Gasteiger partial charge in [0.25, 0.3) is 5.91 Å². The first-order chi connectivity index (χ1) is 13.9. The molecule has 0 aliphatic carbocycles. The molecule has 0 radical (unpaired) electrons. The van der Waals surface area contributed by atoms with Crippen LogP contribution in [0.4, 0.5) is 5.69 Å². The number of nitriles is 1. The number of halogens is 1. The van der Waals surface area contributed by atoms with Crippen LogP contribution in [0.25, 0.3) is 6.08 Å². The van der Waals surface area contributed by atoms with Gasteiger partial charge >= 0.3 is 5.97 Å². The van der Waals surface area contributed by atoms with Gasteiger partial charge in [-0.3, -0.25) is 4.79 Å². The van der Waals surface area contributed by atoms with Crippen molar-refractivity contribution in [3.8, 4) is 17.6 Å². The zero-order valence-electron chi connectivity index (χ0n) is 15.9. The van der Waals surface area contributed by atoms with Gasteiger partial charge in [0, 0.05) is 17.3 Å². The van der Waals surface area contributed by atoms with Gasteiger partial charge in [-0.1, -0.05) is 6.07 Å². The molecular formula is C21H19BrN2O5. The molecule has 0 aliphatic rings. The molecule has 0 aliphatic heterocycles. The summed E-state index contributed by atoms with van der Waals surface area (Å²) < 4.78 is 11.8. The Balaban J connectivity index is 2.36. The number of hydrogen-bond acceptors (Lipinski definition) is 5. The van der Waals surface area contributed by atoms with E-state index in [0.29, 0.717) is 34.7 Å². The lowest BCUT2D eigenvalue weighted by Gasteiger charge is -2.13. The first kappa shape index (κ1) is 22.0. The molecule has 0 heterocycles. The highest BCUT2D eigenvalue weighted by Gasteiger charge is 2.15. The fourth-order valence-electron chi connectivity index (χ4n) is 2.44. The second-order valence-corrected chi connectivity index (χ2v) is 6.55. The minimum atomic E-state index is -1.11. The number of anilines is 1. The number of nitrogens with one attached hydrogen (secondary N) is 1. The summed E-state index contributed by atoms with van der Waals surface area (Å²) in [5, 5.41) is 21.0. The molecule has 150 valence electrons. The Kier molecular flexibility index (Phi) is 7.80. The van der Waals surface area contributed by atoms with Gasteiger partial charge in [0.15, 0.2) is 0 Å². The fourth-order valence-corrected chi connectivity index (χ4v) is 2.92. The van der Waals surface area contributed by atoms with Gasteiger partial charge in [-0.25, -0.2) is 4.79 Å². The number of ether oxygens (including phenoxy) is 2. The third-order valence-corrected chi connectivity index (χ3v) is 4.32. The lowest BCUT2D eigenvalue weighted by Crippen LogP contribution is -2.14. The van der Waals surface area contributed by atoms with Gasteiger partial charge in [0.2, 0.25) is 0 Å². The molecular weight excluding hydrogens is 440 g/mol. The highest BCUT2D eigenvalue weighted by molar-refractivity contribution is 9.10. The number of carboxylic acid groups (broad SMARTS) is 1. The van der Waals surface area contributed by atoms with Crippen LogP contribution in [0.5, 0.6) is 11.5 Å². The van der Waals surface area contributed by atoms with E-state index >= 15 is 0 Å². The smallest absolute Gasteiger partial charge is 0.335 e. The lowest BCUT2D eigenvalue weighted by molar-refractivity contribution is -0.112. The van der Waals surface area contributed by atoms with E-state index in [-0.39, 0.29) is 16.8 Å². The van der Waals surface area contributed by atoms with E-state index in [1.54, 1.807) is 18.2 Å². The quantitative estimate of drug-likeness (QED) is 0.445. The first-order valence-corrected chi connectivity index (χ1v) is 9.54. The largest absolute Gasteiger partial charge is 0.493 e. The van der Waals surface area contributed by atoms with Crippen LogP contribution in [0.15, 0.2) is 46.4 Å². The number of amides is 1. The Hall–Kier alpha value is -3.31. The highest BCUT2D eigenvalue weighted by atomic mass is 79.9. The van der Waals surface area contributed by atoms with Gasteiger partial charge in [-0.15, -0.1) is 0 Å². The molecule has 0 aromatic heterocycles. The number of carboxylic acids is 1. The summed E-state index contributed by atoms with van der Waals surface area (Å²) in [6.07, 6.45) is 1.40. The van der Waals surface area contributed by atoms with Crippen molar-refractivity contribution in [2.45, 2.75) is 13.8 Å². The Morgan fingerprint density at radius 2 is 1.86 bits per heavy atom. The second kappa shape index (κ2) is 10.3. The van der Waals surface area contributed by atoms with Crippen LogP contribution in [-0.4, -0.2) is 30.2 Å². The van der Waals surface area contributed by atoms with Gasteiger partial charge < -0.3 is 19.9 Å². The minimum Gasteiger partial charge on any atom is -0.493 e. The second-order valence-electron chi connectivity index (χ2n) is 5.70. The number of nitrogens with zero attached hydrogens (tertiary/aromatic N) is 1. The van der Waals surface area contributed by atoms with Crippen LogP contribution >= 0.6 is 15.9 Å². The molecule has 0 bridgehead atoms. The maximum Gasteiger partial charge on any atom is 0.335 e. The molecule has 2 rings (SSSR count). The summed E-state index contributed by atoms with van der Waals surface area (Å²) in [6.45, 7) is 4.55. The Bertz CT molecular complexity index is 995. The number of benzene rings is 2. The van der Waals surface area contributed by atoms with Crippen LogP contribution in [-0.2, 0) is 4.79 Å². The van der Waals surface area contributed by atoms with Crippen molar-refractivity contribution in [3.05, 3.63) is 57.6 Å². The summed E-state index contributed by atoms with van der Waals surface area (Å²) in [4.78, 5) is 23.6. The molecule has 0 saturated heterocycles. The van der Waals surface area contributed by atoms with Crippen molar-refractivity contribution in [2.24, 2.45) is 0 Å². The molecule has 8 heteroatoms. The molecule has 0 unspecified atom stereocenters. The highest BCUT2D eigenvalue weighted by Crippen LogP contribution is 2.34. The predicted octanol–water partition coefficient (Wildman–Crippen LogP) is 4.49. The van der Waals surface area contributed by atoms with Crippen LogP contribution in [0.2, 0.25) is 0 Å². The molecule has 29 heavy (non-hydrogen) atoms. The van der Waals surface area contributed by atoms with Gasteiger partial charge in [-0.05, 0) is 60.1 Å². The molecule has 1 amide bonds. The molecule has 2 aromatic rings. The summed E-state index contributed by atoms with van der Waals surface area (Å²) in [7, 11) is 0. The normalized spacial score (nSPS) is 10.8. The monoisotopic (exact) mass is 458 g/mol. The van der Waals surface area contributed by atoms with E-state index in [9.17, 15) is 14.9 Å². The minimum absolute atomic E-state index is 0.0272. The first-order valence-electron chi connectivity index (χ1n) is 8.75. The summed E-state index contributed by atoms with van der Waals surface area (Å²) in [5.74, 6) is -0.727. The predicted molar refractivity (Wildman–Crippen MR) is 112 cm³/mol. The zero-order chi connectivity index (χ0) is 21.4. The summed E-state index contributed by atoms with van der Waals surface area (Å²) >= 11 is 3.41. The standard InChI is InChI=1S/C21H19BrN2O5/c1-3-28-18-11-19(29-4-2)17(22)10-14(18)8-15(12-23)20(25)24-16-7-5-6-13(9-16)21(26)27/h5-11H,3-4H2,1-2H3,(H,24,25)(H,26,27)/b15-8-. The summed E-state index contributed by atoms with van der Waals surface area (Å²) in [5.41, 5.74) is 0.657. The van der Waals surface area contributed by atoms with Crippen LogP contribution in [0, 0.1) is 11.3 Å². The third-order valence-electron chi connectivity index (χ3n) is 3.70. The fraction of sp³-hybridized carbons (Fsp3) is 0.190. The number of rotatable bonds is 8. The third kappa shape index (κ3) is 5.83. The molecule has 2 aromatic carbocycles. The Morgan fingerprint density at radius 1 is 1.17 bits per heavy atom. The number of hydrogen-bond donors (Lipinski definition) is 2. The van der Waals surface area contributed by atoms with Crippen molar-refractivity contribution in [1.29, 1.82) is 5.26 Å². The van der Waals surface area contributed by atoms with Crippen LogP contribution in [0.1, 0.15) is 29.8 Å². The van der Waals surface area contributed by atoms with Crippen LogP contribution < -0.4 is 14.8 Å². The van der Waals surface area contributed by atoms with E-state index < -0.39 is 11.9 Å².